The van der Waals surface area contributed by atoms with E-state index in [-0.39, 0.29) is 11.8 Å². The van der Waals surface area contributed by atoms with Crippen LogP contribution in [0.4, 0.5) is 5.82 Å². The van der Waals surface area contributed by atoms with E-state index in [9.17, 15) is 4.79 Å². The average molecular weight is 275 g/mol. The molecule has 20 heavy (non-hydrogen) atoms. The van der Waals surface area contributed by atoms with Gasteiger partial charge in [-0.05, 0) is 37.8 Å². The van der Waals surface area contributed by atoms with E-state index in [0.29, 0.717) is 17.4 Å². The molecule has 1 amide bonds. The first-order valence-corrected chi connectivity index (χ1v) is 7.61. The molecule has 1 aromatic heterocycles. The second kappa shape index (κ2) is 6.25. The number of nitrogens with two attached hydrogens (primary N) is 1. The molecule has 0 atom stereocenters. The average Bonchev–Trinajstić information content (AvgIpc) is 2.92. The fraction of sp³-hybridized carbons (Fsp3) is 0.625. The van der Waals surface area contributed by atoms with Crippen LogP contribution in [-0.4, -0.2) is 28.4 Å². The van der Waals surface area contributed by atoms with Crippen LogP contribution in [0.15, 0.2) is 12.1 Å². The van der Waals surface area contributed by atoms with Crippen LogP contribution in [-0.2, 0) is 0 Å². The summed E-state index contributed by atoms with van der Waals surface area (Å²) in [5, 5.41) is 0. The van der Waals surface area contributed by atoms with Crippen molar-refractivity contribution in [2.45, 2.75) is 58.4 Å². The van der Waals surface area contributed by atoms with Gasteiger partial charge < -0.3 is 10.6 Å². The molecule has 0 aliphatic heterocycles. The van der Waals surface area contributed by atoms with Crippen molar-refractivity contribution in [3.05, 3.63) is 23.4 Å². The molecule has 0 aromatic carbocycles. The van der Waals surface area contributed by atoms with E-state index in [4.69, 9.17) is 5.73 Å². The highest BCUT2D eigenvalue weighted by atomic mass is 16.2. The van der Waals surface area contributed by atoms with E-state index in [1.165, 1.54) is 12.8 Å². The minimum absolute atomic E-state index is 0.0930. The van der Waals surface area contributed by atoms with Gasteiger partial charge in [-0.3, -0.25) is 4.79 Å². The maximum atomic E-state index is 12.7. The second-order valence-electron chi connectivity index (χ2n) is 5.89. The van der Waals surface area contributed by atoms with Gasteiger partial charge >= 0.3 is 0 Å². The van der Waals surface area contributed by atoms with Crippen molar-refractivity contribution in [2.24, 2.45) is 0 Å². The maximum Gasteiger partial charge on any atom is 0.254 e. The Morgan fingerprint density at radius 1 is 1.40 bits per heavy atom. The topological polar surface area (TPSA) is 59.2 Å². The van der Waals surface area contributed by atoms with E-state index in [2.05, 4.69) is 18.8 Å². The number of nitrogens with zero attached hydrogens (tertiary/aromatic N) is 2. The van der Waals surface area contributed by atoms with Crippen molar-refractivity contribution in [3.8, 4) is 0 Å². The molecule has 1 saturated carbocycles. The van der Waals surface area contributed by atoms with Gasteiger partial charge in [-0.25, -0.2) is 4.98 Å². The molecule has 1 aliphatic carbocycles. The van der Waals surface area contributed by atoms with E-state index >= 15 is 0 Å². The summed E-state index contributed by atoms with van der Waals surface area (Å²) in [5.41, 5.74) is 7.41. The first kappa shape index (κ1) is 14.8. The predicted octanol–water partition coefficient (Wildman–Crippen LogP) is 3.19. The first-order chi connectivity index (χ1) is 9.52. The molecule has 1 fully saturated rings. The second-order valence-corrected chi connectivity index (χ2v) is 5.89. The monoisotopic (exact) mass is 275 g/mol. The number of rotatable bonds is 4. The van der Waals surface area contributed by atoms with Gasteiger partial charge in [0.05, 0.1) is 0 Å². The molecule has 0 radical (unpaired) electrons. The van der Waals surface area contributed by atoms with Gasteiger partial charge in [0.25, 0.3) is 5.91 Å². The first-order valence-electron chi connectivity index (χ1n) is 7.61. The molecule has 4 nitrogen and oxygen atoms in total. The highest BCUT2D eigenvalue weighted by Gasteiger charge is 2.26. The summed E-state index contributed by atoms with van der Waals surface area (Å²) in [6.07, 6.45) is 4.70. The third-order valence-corrected chi connectivity index (χ3v) is 4.07. The van der Waals surface area contributed by atoms with Gasteiger partial charge in [-0.1, -0.05) is 26.7 Å². The SMILES string of the molecule is CCN(C(=O)c1cc(N)nc(C(C)C)c1)C1CCCC1. The van der Waals surface area contributed by atoms with Crippen molar-refractivity contribution in [2.75, 3.05) is 12.3 Å². The van der Waals surface area contributed by atoms with Crippen molar-refractivity contribution < 1.29 is 4.79 Å². The molecule has 0 saturated heterocycles. The molecule has 2 rings (SSSR count). The van der Waals surface area contributed by atoms with Crippen LogP contribution in [0.2, 0.25) is 0 Å². The zero-order valence-corrected chi connectivity index (χ0v) is 12.7. The number of hydrogen-bond donors (Lipinski definition) is 1. The molecule has 0 unspecified atom stereocenters. The van der Waals surface area contributed by atoms with Crippen molar-refractivity contribution in [3.63, 3.8) is 0 Å². The molecule has 1 aromatic rings. The molecule has 1 heterocycles. The van der Waals surface area contributed by atoms with Crippen molar-refractivity contribution in [1.82, 2.24) is 9.88 Å². The standard InChI is InChI=1S/C16H25N3O/c1-4-19(13-7-5-6-8-13)16(20)12-9-14(11(2)3)18-15(17)10-12/h9-11,13H,4-8H2,1-3H3,(H2,17,18). The third kappa shape index (κ3) is 3.11. The summed E-state index contributed by atoms with van der Waals surface area (Å²) in [7, 11) is 0. The number of amides is 1. The third-order valence-electron chi connectivity index (χ3n) is 4.07. The van der Waals surface area contributed by atoms with Gasteiger partial charge in [0.2, 0.25) is 0 Å². The van der Waals surface area contributed by atoms with Crippen LogP contribution < -0.4 is 5.73 Å². The Morgan fingerprint density at radius 3 is 2.60 bits per heavy atom. The molecular formula is C16H25N3O. The highest BCUT2D eigenvalue weighted by molar-refractivity contribution is 5.95. The van der Waals surface area contributed by atoms with Gasteiger partial charge in [0.1, 0.15) is 5.82 Å². The quantitative estimate of drug-likeness (QED) is 0.918. The lowest BCUT2D eigenvalue weighted by atomic mass is 10.1. The Morgan fingerprint density at radius 2 is 2.05 bits per heavy atom. The van der Waals surface area contributed by atoms with E-state index < -0.39 is 0 Å². The molecule has 0 spiro atoms. The summed E-state index contributed by atoms with van der Waals surface area (Å²) in [6, 6.07) is 3.98. The van der Waals surface area contributed by atoms with Gasteiger partial charge in [-0.15, -0.1) is 0 Å². The Balaban J connectivity index is 2.26. The van der Waals surface area contributed by atoms with Crippen LogP contribution in [0.25, 0.3) is 0 Å². The summed E-state index contributed by atoms with van der Waals surface area (Å²) < 4.78 is 0. The predicted molar refractivity (Wildman–Crippen MR) is 81.7 cm³/mol. The van der Waals surface area contributed by atoms with Gasteiger partial charge in [-0.2, -0.15) is 0 Å². The maximum absolute atomic E-state index is 12.7. The van der Waals surface area contributed by atoms with Crippen LogP contribution in [0, 0.1) is 0 Å². The Labute approximate surface area is 121 Å². The smallest absolute Gasteiger partial charge is 0.254 e. The minimum atomic E-state index is 0.0930. The van der Waals surface area contributed by atoms with E-state index in [1.807, 2.05) is 17.9 Å². The fourth-order valence-corrected chi connectivity index (χ4v) is 2.94. The number of carbonyl (C=O) groups is 1. The molecule has 110 valence electrons. The van der Waals surface area contributed by atoms with Crippen LogP contribution in [0.1, 0.15) is 68.4 Å². The summed E-state index contributed by atoms with van der Waals surface area (Å²) in [5.74, 6) is 0.795. The summed E-state index contributed by atoms with van der Waals surface area (Å²) >= 11 is 0. The summed E-state index contributed by atoms with van der Waals surface area (Å²) in [6.45, 7) is 6.92. The molecular weight excluding hydrogens is 250 g/mol. The summed E-state index contributed by atoms with van der Waals surface area (Å²) in [4.78, 5) is 19.0. The van der Waals surface area contributed by atoms with Crippen molar-refractivity contribution >= 4 is 11.7 Å². The van der Waals surface area contributed by atoms with Crippen LogP contribution in [0.3, 0.4) is 0 Å². The number of anilines is 1. The van der Waals surface area contributed by atoms with E-state index in [0.717, 1.165) is 25.1 Å². The Kier molecular flexibility index (Phi) is 4.63. The Bertz CT molecular complexity index is 479. The molecule has 0 bridgehead atoms. The van der Waals surface area contributed by atoms with Crippen LogP contribution in [0.5, 0.6) is 0 Å². The number of carbonyl (C=O) groups excluding carboxylic acids is 1. The highest BCUT2D eigenvalue weighted by Crippen LogP contribution is 2.25. The zero-order chi connectivity index (χ0) is 14.7. The largest absolute Gasteiger partial charge is 0.384 e. The molecule has 4 heteroatoms. The lowest BCUT2D eigenvalue weighted by molar-refractivity contribution is 0.0693. The van der Waals surface area contributed by atoms with Gasteiger partial charge in [0.15, 0.2) is 0 Å². The van der Waals surface area contributed by atoms with E-state index in [1.54, 1.807) is 6.07 Å². The Hall–Kier alpha value is -1.58. The molecule has 1 aliphatic rings. The van der Waals surface area contributed by atoms with Gasteiger partial charge in [0, 0.05) is 23.8 Å². The zero-order valence-electron chi connectivity index (χ0n) is 12.7. The number of nitrogen functional groups attached to an aromatic ring is 1. The molecule has 2 N–H and O–H groups in total. The van der Waals surface area contributed by atoms with Crippen LogP contribution >= 0.6 is 0 Å². The van der Waals surface area contributed by atoms with Crippen molar-refractivity contribution in [1.29, 1.82) is 0 Å². The number of aromatic nitrogens is 1. The number of pyridine rings is 1. The lowest BCUT2D eigenvalue weighted by Gasteiger charge is -2.28. The normalized spacial score (nSPS) is 15.8. The fourth-order valence-electron chi connectivity index (χ4n) is 2.94. The number of hydrogen-bond acceptors (Lipinski definition) is 3. The lowest BCUT2D eigenvalue weighted by Crippen LogP contribution is -2.38. The minimum Gasteiger partial charge on any atom is -0.384 e.